The van der Waals surface area contributed by atoms with Crippen LogP contribution in [-0.2, 0) is 21.5 Å². The minimum atomic E-state index is -0.942. The van der Waals surface area contributed by atoms with Gasteiger partial charge in [-0.1, -0.05) is 24.3 Å². The molecule has 4 heteroatoms. The first-order valence-electron chi connectivity index (χ1n) is 7.97. The third-order valence-electron chi connectivity index (χ3n) is 5.51. The number of ether oxygens (including phenoxy) is 1. The molecule has 1 aliphatic carbocycles. The summed E-state index contributed by atoms with van der Waals surface area (Å²) in [5.74, 6) is 0.297. The Morgan fingerprint density at radius 3 is 2.76 bits per heavy atom. The molecule has 3 aliphatic heterocycles. The number of hydrogen-bond acceptors (Lipinski definition) is 4. The normalized spacial score (nSPS) is 37.3. The van der Waals surface area contributed by atoms with E-state index in [0.717, 1.165) is 44.5 Å². The van der Waals surface area contributed by atoms with Crippen LogP contribution in [0.1, 0.15) is 30.4 Å². The van der Waals surface area contributed by atoms with Gasteiger partial charge < -0.3 is 10.5 Å². The minimum Gasteiger partial charge on any atom is -0.459 e. The SMILES string of the molecule is N[C@]1(C(=O)OC2CN3CCC2CC3)CCc2ccccc21. The molecule has 0 spiro atoms. The Bertz CT molecular complexity index is 566. The summed E-state index contributed by atoms with van der Waals surface area (Å²) in [7, 11) is 0. The molecule has 2 N–H and O–H groups in total. The minimum absolute atomic E-state index is 0.0354. The summed E-state index contributed by atoms with van der Waals surface area (Å²) in [6, 6.07) is 7.99. The Hall–Kier alpha value is -1.39. The van der Waals surface area contributed by atoms with E-state index in [1.165, 1.54) is 5.56 Å². The van der Waals surface area contributed by atoms with Crippen molar-refractivity contribution in [3.05, 3.63) is 35.4 Å². The summed E-state index contributed by atoms with van der Waals surface area (Å²) in [5, 5.41) is 0. The first-order chi connectivity index (χ1) is 10.2. The molecule has 0 radical (unpaired) electrons. The topological polar surface area (TPSA) is 55.6 Å². The highest BCUT2D eigenvalue weighted by Gasteiger charge is 2.46. The number of piperidine rings is 3. The van der Waals surface area contributed by atoms with Crippen molar-refractivity contribution < 1.29 is 9.53 Å². The largest absolute Gasteiger partial charge is 0.459 e. The van der Waals surface area contributed by atoms with Crippen molar-refractivity contribution in [1.82, 2.24) is 4.90 Å². The predicted molar refractivity (Wildman–Crippen MR) is 79.7 cm³/mol. The fraction of sp³-hybridized carbons (Fsp3) is 0.588. The highest BCUT2D eigenvalue weighted by molar-refractivity contribution is 5.84. The van der Waals surface area contributed by atoms with E-state index in [1.54, 1.807) is 0 Å². The zero-order valence-corrected chi connectivity index (χ0v) is 12.3. The van der Waals surface area contributed by atoms with Crippen molar-refractivity contribution >= 4 is 5.97 Å². The molecule has 1 aromatic rings. The lowest BCUT2D eigenvalue weighted by atomic mass is 9.85. The number of nitrogens with zero attached hydrogens (tertiary/aromatic N) is 1. The maximum atomic E-state index is 12.7. The van der Waals surface area contributed by atoms with Gasteiger partial charge in [-0.15, -0.1) is 0 Å². The molecule has 0 saturated carbocycles. The van der Waals surface area contributed by atoms with E-state index in [2.05, 4.69) is 11.0 Å². The molecule has 2 bridgehead atoms. The Balaban J connectivity index is 1.53. The lowest BCUT2D eigenvalue weighted by molar-refractivity contribution is -0.165. The van der Waals surface area contributed by atoms with Crippen LogP contribution in [0.2, 0.25) is 0 Å². The van der Waals surface area contributed by atoms with Gasteiger partial charge >= 0.3 is 5.97 Å². The maximum absolute atomic E-state index is 12.7. The van der Waals surface area contributed by atoms with Crippen LogP contribution in [0.3, 0.4) is 0 Å². The molecule has 3 heterocycles. The van der Waals surface area contributed by atoms with Crippen molar-refractivity contribution in [3.63, 3.8) is 0 Å². The van der Waals surface area contributed by atoms with Crippen LogP contribution in [0.25, 0.3) is 0 Å². The van der Waals surface area contributed by atoms with Crippen LogP contribution in [0.15, 0.2) is 24.3 Å². The van der Waals surface area contributed by atoms with Crippen LogP contribution < -0.4 is 5.73 Å². The second kappa shape index (κ2) is 4.82. The molecule has 112 valence electrons. The van der Waals surface area contributed by atoms with Crippen molar-refractivity contribution in [2.75, 3.05) is 19.6 Å². The Morgan fingerprint density at radius 2 is 2.05 bits per heavy atom. The zero-order chi connectivity index (χ0) is 14.4. The van der Waals surface area contributed by atoms with Gasteiger partial charge in [0.2, 0.25) is 0 Å². The number of esters is 1. The van der Waals surface area contributed by atoms with Gasteiger partial charge in [-0.3, -0.25) is 4.90 Å². The molecule has 3 fully saturated rings. The van der Waals surface area contributed by atoms with E-state index in [-0.39, 0.29) is 12.1 Å². The maximum Gasteiger partial charge on any atom is 0.331 e. The first kappa shape index (κ1) is 13.3. The van der Waals surface area contributed by atoms with Gasteiger partial charge in [0, 0.05) is 6.54 Å². The molecule has 21 heavy (non-hydrogen) atoms. The zero-order valence-electron chi connectivity index (χ0n) is 12.3. The van der Waals surface area contributed by atoms with E-state index >= 15 is 0 Å². The number of carbonyl (C=O) groups excluding carboxylic acids is 1. The molecule has 0 aromatic heterocycles. The van der Waals surface area contributed by atoms with Crippen LogP contribution in [0, 0.1) is 5.92 Å². The number of benzene rings is 1. The summed E-state index contributed by atoms with van der Waals surface area (Å²) in [5.41, 5.74) is 7.64. The van der Waals surface area contributed by atoms with Gasteiger partial charge in [0.05, 0.1) is 0 Å². The van der Waals surface area contributed by atoms with E-state index < -0.39 is 5.54 Å². The molecular weight excluding hydrogens is 264 g/mol. The third-order valence-corrected chi connectivity index (χ3v) is 5.51. The number of nitrogens with two attached hydrogens (primary N) is 1. The van der Waals surface area contributed by atoms with E-state index in [1.807, 2.05) is 18.2 Å². The predicted octanol–water partition coefficient (Wildman–Crippen LogP) is 1.42. The van der Waals surface area contributed by atoms with Gasteiger partial charge in [-0.05, 0) is 55.8 Å². The van der Waals surface area contributed by atoms with Crippen LogP contribution in [0.5, 0.6) is 0 Å². The van der Waals surface area contributed by atoms with E-state index in [9.17, 15) is 4.79 Å². The molecule has 5 rings (SSSR count). The van der Waals surface area contributed by atoms with Gasteiger partial charge in [0.25, 0.3) is 0 Å². The van der Waals surface area contributed by atoms with Crippen LogP contribution in [0.4, 0.5) is 0 Å². The van der Waals surface area contributed by atoms with Crippen LogP contribution >= 0.6 is 0 Å². The monoisotopic (exact) mass is 286 g/mol. The van der Waals surface area contributed by atoms with Gasteiger partial charge in [-0.2, -0.15) is 0 Å². The Labute approximate surface area is 125 Å². The Morgan fingerprint density at radius 1 is 1.29 bits per heavy atom. The van der Waals surface area contributed by atoms with Gasteiger partial charge in [0.15, 0.2) is 0 Å². The van der Waals surface area contributed by atoms with Gasteiger partial charge in [0.1, 0.15) is 11.6 Å². The number of carbonyl (C=O) groups is 1. The molecule has 1 unspecified atom stereocenters. The molecule has 4 aliphatic rings. The van der Waals surface area contributed by atoms with Crippen molar-refractivity contribution in [2.45, 2.75) is 37.3 Å². The summed E-state index contributed by atoms with van der Waals surface area (Å²) in [6.45, 7) is 3.18. The highest BCUT2D eigenvalue weighted by Crippen LogP contribution is 2.37. The molecule has 4 nitrogen and oxygen atoms in total. The average molecular weight is 286 g/mol. The first-order valence-corrected chi connectivity index (χ1v) is 7.97. The average Bonchev–Trinajstić information content (AvgIpc) is 2.88. The smallest absolute Gasteiger partial charge is 0.331 e. The number of fused-ring (bicyclic) bond motifs is 4. The second-order valence-corrected chi connectivity index (χ2v) is 6.71. The summed E-state index contributed by atoms with van der Waals surface area (Å²) < 4.78 is 5.86. The van der Waals surface area contributed by atoms with Crippen molar-refractivity contribution in [2.24, 2.45) is 11.7 Å². The lowest BCUT2D eigenvalue weighted by Crippen LogP contribution is -2.54. The summed E-state index contributed by atoms with van der Waals surface area (Å²) in [4.78, 5) is 15.1. The fourth-order valence-electron chi connectivity index (χ4n) is 4.14. The Kier molecular flexibility index (Phi) is 3.05. The van der Waals surface area contributed by atoms with E-state index in [4.69, 9.17) is 10.5 Å². The lowest BCUT2D eigenvalue weighted by Gasteiger charge is -2.44. The summed E-state index contributed by atoms with van der Waals surface area (Å²) >= 11 is 0. The second-order valence-electron chi connectivity index (χ2n) is 6.71. The quantitative estimate of drug-likeness (QED) is 0.836. The number of aryl methyl sites for hydroxylation is 1. The van der Waals surface area contributed by atoms with Gasteiger partial charge in [-0.25, -0.2) is 4.79 Å². The summed E-state index contributed by atoms with van der Waals surface area (Å²) in [6.07, 6.45) is 3.85. The molecular formula is C17H22N2O2. The van der Waals surface area contributed by atoms with Crippen molar-refractivity contribution in [1.29, 1.82) is 0 Å². The highest BCUT2D eigenvalue weighted by atomic mass is 16.5. The van der Waals surface area contributed by atoms with Crippen LogP contribution in [-0.4, -0.2) is 36.6 Å². The molecule has 2 atom stereocenters. The number of hydrogen-bond donors (Lipinski definition) is 1. The van der Waals surface area contributed by atoms with Crippen molar-refractivity contribution in [3.8, 4) is 0 Å². The molecule has 1 aromatic carbocycles. The third kappa shape index (κ3) is 2.09. The molecule has 3 saturated heterocycles. The van der Waals surface area contributed by atoms with E-state index in [0.29, 0.717) is 12.3 Å². The molecule has 0 amide bonds. The number of rotatable bonds is 2. The standard InChI is InChI=1S/C17H22N2O2/c18-17(8-5-12-3-1-2-4-14(12)17)16(20)21-15-11-19-9-6-13(15)7-10-19/h1-4,13,15H,5-11,18H2/t15?,17-/m1/s1. The fourth-order valence-corrected chi connectivity index (χ4v) is 4.14.